The topological polar surface area (TPSA) is 81.8 Å². The van der Waals surface area contributed by atoms with Crippen LogP contribution in [0.1, 0.15) is 30.9 Å². The third-order valence-electron chi connectivity index (χ3n) is 2.94. The maximum Gasteiger partial charge on any atom is 0.303 e. The van der Waals surface area contributed by atoms with Crippen molar-refractivity contribution in [3.05, 3.63) is 23.5 Å². The van der Waals surface area contributed by atoms with Gasteiger partial charge >= 0.3 is 5.97 Å². The quantitative estimate of drug-likeness (QED) is 0.871. The lowest BCUT2D eigenvalue weighted by molar-refractivity contribution is -0.137. The molecule has 19 heavy (non-hydrogen) atoms. The molecule has 1 aromatic rings. The van der Waals surface area contributed by atoms with Crippen molar-refractivity contribution < 1.29 is 23.8 Å². The summed E-state index contributed by atoms with van der Waals surface area (Å²) >= 11 is 0. The molecule has 0 saturated carbocycles. The second-order valence-electron chi connectivity index (χ2n) is 4.38. The summed E-state index contributed by atoms with van der Waals surface area (Å²) in [6.07, 6.45) is 0.878. The Hall–Kier alpha value is -1.82. The van der Waals surface area contributed by atoms with Crippen molar-refractivity contribution in [1.82, 2.24) is 0 Å². The average molecular weight is 269 g/mol. The third kappa shape index (κ3) is 3.14. The van der Waals surface area contributed by atoms with Gasteiger partial charge in [0.1, 0.15) is 0 Å². The molecule has 1 unspecified atom stereocenters. The fourth-order valence-corrected chi connectivity index (χ4v) is 1.97. The van der Waals surface area contributed by atoms with Crippen LogP contribution < -0.4 is 15.2 Å². The third-order valence-corrected chi connectivity index (χ3v) is 2.94. The van der Waals surface area contributed by atoms with E-state index in [2.05, 4.69) is 0 Å². The zero-order chi connectivity index (χ0) is 13.8. The van der Waals surface area contributed by atoms with E-state index in [0.29, 0.717) is 30.9 Å². The van der Waals surface area contributed by atoms with Crippen LogP contribution in [-0.2, 0) is 4.79 Å². The Morgan fingerprint density at radius 3 is 2.74 bits per heavy atom. The number of halogens is 1. The molecule has 104 valence electrons. The summed E-state index contributed by atoms with van der Waals surface area (Å²) in [6.45, 7) is 0.812. The molecule has 1 atom stereocenters. The van der Waals surface area contributed by atoms with Gasteiger partial charge in [-0.25, -0.2) is 4.39 Å². The van der Waals surface area contributed by atoms with Gasteiger partial charge in [-0.2, -0.15) is 0 Å². The Balaban J connectivity index is 2.27. The molecule has 5 nitrogen and oxygen atoms in total. The molecule has 0 fully saturated rings. The van der Waals surface area contributed by atoms with Gasteiger partial charge in [-0.3, -0.25) is 4.79 Å². The van der Waals surface area contributed by atoms with Crippen LogP contribution in [0.5, 0.6) is 11.5 Å². The minimum atomic E-state index is -0.916. The largest absolute Gasteiger partial charge is 0.489 e. The summed E-state index contributed by atoms with van der Waals surface area (Å²) in [5, 5.41) is 8.67. The van der Waals surface area contributed by atoms with E-state index in [0.717, 1.165) is 0 Å². The highest BCUT2D eigenvalue weighted by molar-refractivity contribution is 5.66. The molecular weight excluding hydrogens is 253 g/mol. The number of ether oxygens (including phenoxy) is 2. The highest BCUT2D eigenvalue weighted by atomic mass is 19.1. The summed E-state index contributed by atoms with van der Waals surface area (Å²) in [5.74, 6) is -1.04. The lowest BCUT2D eigenvalue weighted by Gasteiger charge is -2.17. The SMILES string of the molecule is NC(CCC(=O)O)c1ccc(F)c2c1OCCCO2. The summed E-state index contributed by atoms with van der Waals surface area (Å²) < 4.78 is 24.5. The minimum absolute atomic E-state index is 0.0474. The highest BCUT2D eigenvalue weighted by Crippen LogP contribution is 2.39. The van der Waals surface area contributed by atoms with E-state index in [4.69, 9.17) is 20.3 Å². The summed E-state index contributed by atoms with van der Waals surface area (Å²) in [6, 6.07) is 2.27. The van der Waals surface area contributed by atoms with Crippen molar-refractivity contribution in [3.8, 4) is 11.5 Å². The van der Waals surface area contributed by atoms with Crippen LogP contribution in [0, 0.1) is 5.82 Å². The number of hydrogen-bond donors (Lipinski definition) is 2. The molecule has 1 aromatic carbocycles. The van der Waals surface area contributed by atoms with Gasteiger partial charge in [0, 0.05) is 24.4 Å². The van der Waals surface area contributed by atoms with Gasteiger partial charge in [0.2, 0.25) is 0 Å². The number of fused-ring (bicyclic) bond motifs is 1. The molecule has 0 aliphatic carbocycles. The van der Waals surface area contributed by atoms with Crippen LogP contribution in [0.3, 0.4) is 0 Å². The summed E-state index contributed by atoms with van der Waals surface area (Å²) in [4.78, 5) is 10.6. The second-order valence-corrected chi connectivity index (χ2v) is 4.38. The molecule has 1 aliphatic rings. The molecule has 2 rings (SSSR count). The molecule has 0 saturated heterocycles. The first-order chi connectivity index (χ1) is 9.09. The zero-order valence-corrected chi connectivity index (χ0v) is 10.4. The Labute approximate surface area is 110 Å². The van der Waals surface area contributed by atoms with Crippen LogP contribution in [0.25, 0.3) is 0 Å². The van der Waals surface area contributed by atoms with Gasteiger partial charge in [0.25, 0.3) is 0 Å². The molecule has 3 N–H and O–H groups in total. The van der Waals surface area contributed by atoms with Gasteiger partial charge in [-0.15, -0.1) is 0 Å². The predicted molar refractivity (Wildman–Crippen MR) is 65.8 cm³/mol. The van der Waals surface area contributed by atoms with Crippen LogP contribution >= 0.6 is 0 Å². The maximum absolute atomic E-state index is 13.7. The monoisotopic (exact) mass is 269 g/mol. The molecule has 0 spiro atoms. The predicted octanol–water partition coefficient (Wildman–Crippen LogP) is 1.85. The van der Waals surface area contributed by atoms with Crippen molar-refractivity contribution in [2.75, 3.05) is 13.2 Å². The normalized spacial score (nSPS) is 15.7. The van der Waals surface area contributed by atoms with E-state index in [1.807, 2.05) is 0 Å². The molecule has 1 aliphatic heterocycles. The molecule has 0 amide bonds. The van der Waals surface area contributed by atoms with Crippen molar-refractivity contribution in [1.29, 1.82) is 0 Å². The van der Waals surface area contributed by atoms with Crippen LogP contribution in [0.2, 0.25) is 0 Å². The fraction of sp³-hybridized carbons (Fsp3) is 0.462. The van der Waals surface area contributed by atoms with E-state index in [1.54, 1.807) is 0 Å². The van der Waals surface area contributed by atoms with E-state index in [-0.39, 0.29) is 18.6 Å². The van der Waals surface area contributed by atoms with Crippen molar-refractivity contribution >= 4 is 5.97 Å². The second kappa shape index (κ2) is 5.88. The number of nitrogens with two attached hydrogens (primary N) is 1. The number of hydrogen-bond acceptors (Lipinski definition) is 4. The van der Waals surface area contributed by atoms with Gasteiger partial charge in [0.05, 0.1) is 13.2 Å². The fourth-order valence-electron chi connectivity index (χ4n) is 1.97. The highest BCUT2D eigenvalue weighted by Gasteiger charge is 2.22. The van der Waals surface area contributed by atoms with Crippen LogP contribution in [0.15, 0.2) is 12.1 Å². The van der Waals surface area contributed by atoms with Gasteiger partial charge in [-0.05, 0) is 12.5 Å². The molecule has 0 aromatic heterocycles. The van der Waals surface area contributed by atoms with Gasteiger partial charge in [-0.1, -0.05) is 6.07 Å². The summed E-state index contributed by atoms with van der Waals surface area (Å²) in [5.41, 5.74) is 6.53. The Kier molecular flexibility index (Phi) is 4.21. The smallest absolute Gasteiger partial charge is 0.303 e. The van der Waals surface area contributed by atoms with Crippen molar-refractivity contribution in [3.63, 3.8) is 0 Å². The molecule has 6 heteroatoms. The van der Waals surface area contributed by atoms with Gasteiger partial charge in [0.15, 0.2) is 17.3 Å². The van der Waals surface area contributed by atoms with E-state index < -0.39 is 17.8 Å². The van der Waals surface area contributed by atoms with Crippen molar-refractivity contribution in [2.24, 2.45) is 5.73 Å². The standard InChI is InChI=1S/C13H16FNO4/c14-9-3-2-8(10(15)4-5-11(16)17)12-13(9)19-7-1-6-18-12/h2-3,10H,1,4-7,15H2,(H,16,17). The van der Waals surface area contributed by atoms with E-state index >= 15 is 0 Å². The first-order valence-corrected chi connectivity index (χ1v) is 6.15. The Morgan fingerprint density at radius 2 is 2.05 bits per heavy atom. The lowest BCUT2D eigenvalue weighted by atomic mass is 10.0. The van der Waals surface area contributed by atoms with Crippen LogP contribution in [-0.4, -0.2) is 24.3 Å². The lowest BCUT2D eigenvalue weighted by Crippen LogP contribution is -2.14. The number of benzene rings is 1. The average Bonchev–Trinajstić information content (AvgIpc) is 2.62. The van der Waals surface area contributed by atoms with Crippen LogP contribution in [0.4, 0.5) is 4.39 Å². The minimum Gasteiger partial charge on any atom is -0.489 e. The van der Waals surface area contributed by atoms with E-state index in [9.17, 15) is 9.18 Å². The van der Waals surface area contributed by atoms with E-state index in [1.165, 1.54) is 12.1 Å². The van der Waals surface area contributed by atoms with Crippen molar-refractivity contribution in [2.45, 2.75) is 25.3 Å². The number of rotatable bonds is 4. The number of carboxylic acids is 1. The molecular formula is C13H16FNO4. The molecule has 0 bridgehead atoms. The maximum atomic E-state index is 13.7. The Morgan fingerprint density at radius 1 is 1.37 bits per heavy atom. The first-order valence-electron chi connectivity index (χ1n) is 6.15. The molecule has 0 radical (unpaired) electrons. The first kappa shape index (κ1) is 13.6. The molecule has 1 heterocycles. The summed E-state index contributed by atoms with van der Waals surface area (Å²) in [7, 11) is 0. The number of carboxylic acid groups (broad SMARTS) is 1. The zero-order valence-electron chi connectivity index (χ0n) is 10.4. The van der Waals surface area contributed by atoms with Gasteiger partial charge < -0.3 is 20.3 Å². The Bertz CT molecular complexity index is 478. The number of carbonyl (C=O) groups is 1. The number of aliphatic carboxylic acids is 1.